The lowest BCUT2D eigenvalue weighted by Gasteiger charge is -2.37. The van der Waals surface area contributed by atoms with Crippen LogP contribution in [0.25, 0.3) is 4.85 Å². The summed E-state index contributed by atoms with van der Waals surface area (Å²) >= 11 is 0. The molecule has 0 aromatic carbocycles. The van der Waals surface area contributed by atoms with Crippen molar-refractivity contribution < 1.29 is 19.1 Å². The Hall–Kier alpha value is -1.57. The predicted molar refractivity (Wildman–Crippen MR) is 162 cm³/mol. The van der Waals surface area contributed by atoms with Crippen molar-refractivity contribution in [1.29, 1.82) is 0 Å². The zero-order valence-corrected chi connectivity index (χ0v) is 25.9. The van der Waals surface area contributed by atoms with Crippen molar-refractivity contribution in [1.82, 2.24) is 0 Å². The first-order valence-corrected chi connectivity index (χ1v) is 17.3. The topological polar surface area (TPSA) is 57.0 Å². The molecule has 0 aromatic rings. The molecule has 3 unspecified atom stereocenters. The molecule has 3 saturated carbocycles. The summed E-state index contributed by atoms with van der Waals surface area (Å²) in [5, 5.41) is 0. The van der Waals surface area contributed by atoms with Gasteiger partial charge in [0, 0.05) is 12.3 Å². The first kappa shape index (κ1) is 32.9. The minimum absolute atomic E-state index is 0.00776. The highest BCUT2D eigenvalue weighted by Crippen LogP contribution is 2.41. The standard InChI is InChI=1S/C35H59NO4/c1-4-6-8-10-11-13-25-39-34(37)30-18-15-27(16-19-30)28-21-23-32(24-22-28)40-35(38)31-20-17-29(33(26-31)36-3)14-12-9-7-5-2/h27-33H,4-26H2,1-2H3. The smallest absolute Gasteiger partial charge is 0.309 e. The summed E-state index contributed by atoms with van der Waals surface area (Å²) < 4.78 is 11.6. The van der Waals surface area contributed by atoms with Gasteiger partial charge in [0.1, 0.15) is 6.10 Å². The summed E-state index contributed by atoms with van der Waals surface area (Å²) in [5.41, 5.74) is 0. The molecule has 0 bridgehead atoms. The van der Waals surface area contributed by atoms with Crippen LogP contribution < -0.4 is 0 Å². The average Bonchev–Trinajstić information content (AvgIpc) is 2.99. The van der Waals surface area contributed by atoms with Gasteiger partial charge in [-0.25, -0.2) is 6.57 Å². The van der Waals surface area contributed by atoms with Crippen molar-refractivity contribution >= 4 is 11.9 Å². The number of carbonyl (C=O) groups is 2. The maximum absolute atomic E-state index is 13.0. The molecule has 228 valence electrons. The molecule has 0 N–H and O–H groups in total. The van der Waals surface area contributed by atoms with Crippen molar-refractivity contribution in [2.24, 2.45) is 29.6 Å². The number of ether oxygens (including phenoxy) is 2. The van der Waals surface area contributed by atoms with Crippen LogP contribution in [0.4, 0.5) is 0 Å². The van der Waals surface area contributed by atoms with Gasteiger partial charge in [0.15, 0.2) is 0 Å². The van der Waals surface area contributed by atoms with E-state index in [1.54, 1.807) is 0 Å². The van der Waals surface area contributed by atoms with Gasteiger partial charge < -0.3 is 14.3 Å². The lowest BCUT2D eigenvalue weighted by atomic mass is 9.70. The van der Waals surface area contributed by atoms with Gasteiger partial charge in [-0.15, -0.1) is 0 Å². The largest absolute Gasteiger partial charge is 0.465 e. The first-order chi connectivity index (χ1) is 19.5. The number of nitrogens with zero attached hydrogens (tertiary/aromatic N) is 1. The number of unbranched alkanes of at least 4 members (excludes halogenated alkanes) is 8. The van der Waals surface area contributed by atoms with Crippen molar-refractivity contribution in [2.75, 3.05) is 6.61 Å². The van der Waals surface area contributed by atoms with E-state index in [1.165, 1.54) is 57.8 Å². The van der Waals surface area contributed by atoms with E-state index < -0.39 is 0 Å². The minimum atomic E-state index is -0.0835. The summed E-state index contributed by atoms with van der Waals surface area (Å²) in [6, 6.07) is -0.00776. The van der Waals surface area contributed by atoms with Crippen LogP contribution in [0.5, 0.6) is 0 Å². The number of carbonyl (C=O) groups excluding carboxylic acids is 2. The molecule has 0 aromatic heterocycles. The maximum atomic E-state index is 13.0. The third-order valence-electron chi connectivity index (χ3n) is 10.4. The molecule has 0 heterocycles. The lowest BCUT2D eigenvalue weighted by Crippen LogP contribution is -2.35. The molecule has 0 radical (unpaired) electrons. The zero-order valence-electron chi connectivity index (χ0n) is 25.9. The van der Waals surface area contributed by atoms with Gasteiger partial charge in [0.2, 0.25) is 6.04 Å². The molecule has 3 aliphatic rings. The van der Waals surface area contributed by atoms with Gasteiger partial charge in [-0.1, -0.05) is 71.6 Å². The molecule has 3 fully saturated rings. The average molecular weight is 558 g/mol. The van der Waals surface area contributed by atoms with Gasteiger partial charge in [0.25, 0.3) is 0 Å². The molecule has 0 aliphatic heterocycles. The molecule has 3 atom stereocenters. The van der Waals surface area contributed by atoms with Crippen molar-refractivity contribution in [2.45, 2.75) is 167 Å². The van der Waals surface area contributed by atoms with Crippen LogP contribution in [-0.4, -0.2) is 30.7 Å². The molecule has 40 heavy (non-hydrogen) atoms. The second-order valence-corrected chi connectivity index (χ2v) is 13.3. The molecule has 0 spiro atoms. The molecular formula is C35H59NO4. The Morgan fingerprint density at radius 2 is 1.25 bits per heavy atom. The molecule has 5 nitrogen and oxygen atoms in total. The first-order valence-electron chi connectivity index (χ1n) is 17.3. The fraction of sp³-hybridized carbons (Fsp3) is 0.914. The van der Waals surface area contributed by atoms with Crippen LogP contribution in [0.1, 0.15) is 155 Å². The normalized spacial score (nSPS) is 30.8. The van der Waals surface area contributed by atoms with E-state index in [0.29, 0.717) is 30.8 Å². The van der Waals surface area contributed by atoms with Crippen LogP contribution in [0.15, 0.2) is 0 Å². The summed E-state index contributed by atoms with van der Waals surface area (Å²) in [5.74, 6) is 1.87. The third kappa shape index (κ3) is 11.0. The van der Waals surface area contributed by atoms with Crippen LogP contribution in [0.3, 0.4) is 0 Å². The maximum Gasteiger partial charge on any atom is 0.309 e. The van der Waals surface area contributed by atoms with E-state index in [0.717, 1.165) is 77.0 Å². The van der Waals surface area contributed by atoms with Gasteiger partial charge >= 0.3 is 11.9 Å². The number of rotatable bonds is 16. The van der Waals surface area contributed by atoms with Crippen LogP contribution >= 0.6 is 0 Å². The fourth-order valence-electron chi connectivity index (χ4n) is 7.69. The molecule has 3 rings (SSSR count). The van der Waals surface area contributed by atoms with Crippen LogP contribution in [0, 0.1) is 36.2 Å². The molecular weight excluding hydrogens is 498 g/mol. The summed E-state index contributed by atoms with van der Waals surface area (Å²) in [6.07, 6.45) is 24.5. The molecule has 0 saturated heterocycles. The fourth-order valence-corrected chi connectivity index (χ4v) is 7.69. The van der Waals surface area contributed by atoms with E-state index in [1.807, 2.05) is 0 Å². The quantitative estimate of drug-likeness (QED) is 0.108. The van der Waals surface area contributed by atoms with Crippen molar-refractivity contribution in [3.63, 3.8) is 0 Å². The highest BCUT2D eigenvalue weighted by molar-refractivity contribution is 5.73. The van der Waals surface area contributed by atoms with Gasteiger partial charge in [0.05, 0.1) is 18.4 Å². The number of hydrogen-bond donors (Lipinski definition) is 0. The molecule has 0 amide bonds. The van der Waals surface area contributed by atoms with Gasteiger partial charge in [-0.2, -0.15) is 0 Å². The monoisotopic (exact) mass is 557 g/mol. The highest BCUT2D eigenvalue weighted by Gasteiger charge is 2.39. The van der Waals surface area contributed by atoms with Gasteiger partial charge in [-0.3, -0.25) is 9.59 Å². The highest BCUT2D eigenvalue weighted by atomic mass is 16.5. The van der Waals surface area contributed by atoms with E-state index >= 15 is 0 Å². The number of esters is 2. The Bertz CT molecular complexity index is 760. The Kier molecular flexibility index (Phi) is 15.5. The Morgan fingerprint density at radius 3 is 1.90 bits per heavy atom. The molecule has 5 heteroatoms. The van der Waals surface area contributed by atoms with Gasteiger partial charge in [-0.05, 0) is 88.9 Å². The second kappa shape index (κ2) is 18.8. The van der Waals surface area contributed by atoms with E-state index in [9.17, 15) is 9.59 Å². The summed E-state index contributed by atoms with van der Waals surface area (Å²) in [7, 11) is 0. The van der Waals surface area contributed by atoms with Crippen molar-refractivity contribution in [3.05, 3.63) is 11.4 Å². The summed E-state index contributed by atoms with van der Waals surface area (Å²) in [4.78, 5) is 29.5. The lowest BCUT2D eigenvalue weighted by molar-refractivity contribution is -0.157. The summed E-state index contributed by atoms with van der Waals surface area (Å²) in [6.45, 7) is 12.7. The Morgan fingerprint density at radius 1 is 0.675 bits per heavy atom. The van der Waals surface area contributed by atoms with E-state index in [4.69, 9.17) is 16.0 Å². The van der Waals surface area contributed by atoms with Crippen LogP contribution in [0.2, 0.25) is 0 Å². The van der Waals surface area contributed by atoms with E-state index in [-0.39, 0.29) is 35.9 Å². The molecule has 3 aliphatic carbocycles. The zero-order chi connectivity index (χ0) is 28.6. The minimum Gasteiger partial charge on any atom is -0.465 e. The van der Waals surface area contributed by atoms with Crippen molar-refractivity contribution in [3.8, 4) is 0 Å². The van der Waals surface area contributed by atoms with E-state index in [2.05, 4.69) is 18.7 Å². The third-order valence-corrected chi connectivity index (χ3v) is 10.4. The second-order valence-electron chi connectivity index (χ2n) is 13.3. The number of hydrogen-bond acceptors (Lipinski definition) is 4. The predicted octanol–water partition coefficient (Wildman–Crippen LogP) is 9.47. The Balaban J connectivity index is 1.28. The Labute approximate surface area is 245 Å². The van der Waals surface area contributed by atoms with Crippen LogP contribution in [-0.2, 0) is 19.1 Å². The SMILES string of the molecule is [C-]#[N+]C1CC(C(=O)OC2CCC(C3CCC(C(=O)OCCCCCCCC)CC3)CC2)CCC1CCCCCC.